The van der Waals surface area contributed by atoms with Crippen LogP contribution in [0.1, 0.15) is 59.9 Å². The first-order chi connectivity index (χ1) is 17.8. The third kappa shape index (κ3) is 5.09. The lowest BCUT2D eigenvalue weighted by Crippen LogP contribution is -2.26. The molecule has 1 atom stereocenters. The molecule has 1 aromatic carbocycles. The second-order valence-electron chi connectivity index (χ2n) is 10.2. The number of hydrogen-bond donors (Lipinski definition) is 1. The molecule has 1 N–H and O–H groups in total. The number of nitriles is 1. The number of hydrogen-bond acceptors (Lipinski definition) is 9. The summed E-state index contributed by atoms with van der Waals surface area (Å²) in [5.41, 5.74) is 3.92. The highest BCUT2D eigenvalue weighted by Crippen LogP contribution is 2.45. The Kier molecular flexibility index (Phi) is 6.97. The van der Waals surface area contributed by atoms with Crippen LogP contribution in [-0.2, 0) is 17.6 Å². The topological polar surface area (TPSA) is 93.5 Å². The van der Waals surface area contributed by atoms with Crippen LogP contribution in [0.2, 0.25) is 0 Å². The summed E-state index contributed by atoms with van der Waals surface area (Å²) in [5.74, 6) is 1.64. The molecule has 1 unspecified atom stereocenters. The fraction of sp³-hybridized carbons (Fsp3) is 0.393. The van der Waals surface area contributed by atoms with E-state index in [9.17, 15) is 10.1 Å². The van der Waals surface area contributed by atoms with Crippen molar-refractivity contribution in [2.75, 3.05) is 18.7 Å². The van der Waals surface area contributed by atoms with Crippen LogP contribution >= 0.6 is 22.7 Å². The van der Waals surface area contributed by atoms with Gasteiger partial charge in [0.2, 0.25) is 6.79 Å². The maximum absolute atomic E-state index is 12.9. The van der Waals surface area contributed by atoms with Gasteiger partial charge in [0.25, 0.3) is 0 Å². The number of nitrogens with one attached hydrogen (secondary N) is 1. The molecule has 1 aliphatic heterocycles. The smallest absolute Gasteiger partial charge is 0.341 e. The second kappa shape index (κ2) is 10.2. The average molecular weight is 536 g/mol. The minimum atomic E-state index is -0.317. The Morgan fingerprint density at radius 3 is 2.89 bits per heavy atom. The number of aromatic nitrogens is 1. The van der Waals surface area contributed by atoms with Crippen LogP contribution in [-0.4, -0.2) is 24.4 Å². The van der Waals surface area contributed by atoms with E-state index >= 15 is 0 Å². The second-order valence-corrected chi connectivity index (χ2v) is 12.1. The molecule has 0 saturated heterocycles. The fourth-order valence-corrected chi connectivity index (χ4v) is 6.79. The van der Waals surface area contributed by atoms with Gasteiger partial charge in [0.05, 0.1) is 17.9 Å². The maximum Gasteiger partial charge on any atom is 0.341 e. The predicted molar refractivity (Wildman–Crippen MR) is 146 cm³/mol. The van der Waals surface area contributed by atoms with Crippen LogP contribution in [0.3, 0.4) is 0 Å². The van der Waals surface area contributed by atoms with Gasteiger partial charge in [-0.25, -0.2) is 9.78 Å². The predicted octanol–water partition coefficient (Wildman–Crippen LogP) is 6.90. The third-order valence-corrected chi connectivity index (χ3v) is 8.90. The number of benzene rings is 1. The molecule has 7 nitrogen and oxygen atoms in total. The molecule has 2 aromatic heterocycles. The number of nitrogens with zero attached hydrogens (tertiary/aromatic N) is 2. The molecule has 192 valence electrons. The van der Waals surface area contributed by atoms with Crippen molar-refractivity contribution in [2.24, 2.45) is 11.3 Å². The molecule has 3 aromatic rings. The summed E-state index contributed by atoms with van der Waals surface area (Å²) in [6.45, 7) is 9.16. The van der Waals surface area contributed by atoms with E-state index < -0.39 is 0 Å². The lowest BCUT2D eigenvalue weighted by atomic mass is 9.72. The summed E-state index contributed by atoms with van der Waals surface area (Å²) in [7, 11) is 0. The van der Waals surface area contributed by atoms with Crippen molar-refractivity contribution in [3.63, 3.8) is 0 Å². The number of rotatable bonds is 6. The van der Waals surface area contributed by atoms with Crippen molar-refractivity contribution >= 4 is 39.2 Å². The maximum atomic E-state index is 12.9. The summed E-state index contributed by atoms with van der Waals surface area (Å²) in [4.78, 5) is 18.8. The molecule has 3 heterocycles. The Morgan fingerprint density at radius 2 is 2.14 bits per heavy atom. The number of carbonyl (C=O) groups excluding carboxylic acids is 1. The van der Waals surface area contributed by atoms with Crippen molar-refractivity contribution in [1.29, 1.82) is 5.26 Å². The highest BCUT2D eigenvalue weighted by molar-refractivity contribution is 7.16. The van der Waals surface area contributed by atoms with Crippen molar-refractivity contribution < 1.29 is 19.0 Å². The van der Waals surface area contributed by atoms with E-state index in [1.54, 1.807) is 17.5 Å². The van der Waals surface area contributed by atoms with Crippen molar-refractivity contribution in [2.45, 2.75) is 47.0 Å². The van der Waals surface area contributed by atoms with Gasteiger partial charge in [-0.2, -0.15) is 5.26 Å². The van der Waals surface area contributed by atoms with Gasteiger partial charge in [0.15, 0.2) is 11.5 Å². The summed E-state index contributed by atoms with van der Waals surface area (Å²) < 4.78 is 16.3. The van der Waals surface area contributed by atoms with Crippen molar-refractivity contribution in [1.82, 2.24) is 4.98 Å². The molecule has 2 aliphatic rings. The zero-order valence-electron chi connectivity index (χ0n) is 21.3. The Bertz CT molecular complexity index is 1410. The number of thiazole rings is 1. The molecular formula is C28H29N3O4S2. The first kappa shape index (κ1) is 25.3. The van der Waals surface area contributed by atoms with Crippen LogP contribution in [0, 0.1) is 22.7 Å². The van der Waals surface area contributed by atoms with E-state index in [0.717, 1.165) is 41.1 Å². The van der Waals surface area contributed by atoms with Crippen molar-refractivity contribution in [3.05, 3.63) is 50.8 Å². The number of ether oxygens (including phenoxy) is 3. The zero-order chi connectivity index (χ0) is 26.2. The highest BCUT2D eigenvalue weighted by Gasteiger charge is 2.34. The van der Waals surface area contributed by atoms with Crippen molar-refractivity contribution in [3.8, 4) is 28.8 Å². The van der Waals surface area contributed by atoms with Crippen LogP contribution in [0.25, 0.3) is 16.8 Å². The molecule has 9 heteroatoms. The molecule has 0 saturated carbocycles. The van der Waals surface area contributed by atoms with Gasteiger partial charge in [-0.05, 0) is 61.3 Å². The van der Waals surface area contributed by atoms with E-state index in [-0.39, 0.29) is 18.2 Å². The van der Waals surface area contributed by atoms with Gasteiger partial charge in [0, 0.05) is 22.0 Å². The molecule has 0 radical (unpaired) electrons. The monoisotopic (exact) mass is 535 g/mol. The zero-order valence-corrected chi connectivity index (χ0v) is 23.0. The summed E-state index contributed by atoms with van der Waals surface area (Å²) in [6, 6.07) is 7.92. The number of thiophene rings is 1. The Labute approximate surface area is 224 Å². The SMILES string of the molecule is CCOC(=O)c1c(NC=C(C#N)c2nc(-c3ccc4c(c3)OCO4)cs2)sc2c1CCC(C(C)(C)C)C2. The van der Waals surface area contributed by atoms with Gasteiger partial charge in [-0.1, -0.05) is 20.8 Å². The number of fused-ring (bicyclic) bond motifs is 2. The Hall–Kier alpha value is -3.35. The molecule has 0 spiro atoms. The van der Waals surface area contributed by atoms with Gasteiger partial charge >= 0.3 is 5.97 Å². The third-order valence-electron chi connectivity index (χ3n) is 6.84. The van der Waals surface area contributed by atoms with Crippen LogP contribution in [0.4, 0.5) is 5.00 Å². The quantitative estimate of drug-likeness (QED) is 0.271. The molecule has 0 amide bonds. The molecule has 0 fully saturated rings. The molecular weight excluding hydrogens is 506 g/mol. The lowest BCUT2D eigenvalue weighted by molar-refractivity contribution is 0.0526. The normalized spacial score (nSPS) is 16.7. The number of allylic oxidation sites excluding steroid dienone is 1. The molecule has 37 heavy (non-hydrogen) atoms. The Balaban J connectivity index is 1.42. The van der Waals surface area contributed by atoms with Crippen LogP contribution in [0.5, 0.6) is 11.5 Å². The number of carbonyl (C=O) groups is 1. The summed E-state index contributed by atoms with van der Waals surface area (Å²) in [5, 5.41) is 16.4. The molecule has 1 aliphatic carbocycles. The van der Waals surface area contributed by atoms with Gasteiger partial charge in [0.1, 0.15) is 21.7 Å². The van der Waals surface area contributed by atoms with Gasteiger partial charge in [-0.15, -0.1) is 22.7 Å². The average Bonchev–Trinajstić information content (AvgIpc) is 3.61. The van der Waals surface area contributed by atoms with Gasteiger partial charge in [-0.3, -0.25) is 0 Å². The van der Waals surface area contributed by atoms with E-state index in [4.69, 9.17) is 14.2 Å². The molecule has 5 rings (SSSR count). The van der Waals surface area contributed by atoms with E-state index in [1.165, 1.54) is 16.2 Å². The Morgan fingerprint density at radius 1 is 1.32 bits per heavy atom. The molecule has 0 bridgehead atoms. The number of esters is 1. The highest BCUT2D eigenvalue weighted by atomic mass is 32.1. The standard InChI is InChI=1S/C28H29N3O4S2/c1-5-33-27(32)24-19-8-7-18(28(2,3)4)11-23(19)37-26(24)30-13-17(12-29)25-31-20(14-36-25)16-6-9-21-22(10-16)35-15-34-21/h6,9-10,13-14,18,30H,5,7-8,11,15H2,1-4H3. The van der Waals surface area contributed by atoms with Crippen LogP contribution in [0.15, 0.2) is 29.8 Å². The van der Waals surface area contributed by atoms with E-state index in [0.29, 0.717) is 40.2 Å². The minimum Gasteiger partial charge on any atom is -0.462 e. The summed E-state index contributed by atoms with van der Waals surface area (Å²) in [6.07, 6.45) is 4.48. The lowest BCUT2D eigenvalue weighted by Gasteiger charge is -2.33. The number of anilines is 1. The first-order valence-electron chi connectivity index (χ1n) is 12.3. The van der Waals surface area contributed by atoms with E-state index in [2.05, 4.69) is 37.1 Å². The van der Waals surface area contributed by atoms with Crippen LogP contribution < -0.4 is 14.8 Å². The minimum absolute atomic E-state index is 0.202. The van der Waals surface area contributed by atoms with Gasteiger partial charge < -0.3 is 19.5 Å². The first-order valence-corrected chi connectivity index (χ1v) is 14.0. The largest absolute Gasteiger partial charge is 0.462 e. The summed E-state index contributed by atoms with van der Waals surface area (Å²) >= 11 is 2.98. The fourth-order valence-electron chi connectivity index (χ4n) is 4.71. The van der Waals surface area contributed by atoms with E-state index in [1.807, 2.05) is 30.5 Å².